The van der Waals surface area contributed by atoms with Crippen LogP contribution >= 0.6 is 0 Å². The maximum atomic E-state index is 12.2. The lowest BCUT2D eigenvalue weighted by Gasteiger charge is -2.29. The van der Waals surface area contributed by atoms with Gasteiger partial charge >= 0.3 is 11.9 Å². The first-order chi connectivity index (χ1) is 10.0. The van der Waals surface area contributed by atoms with Crippen molar-refractivity contribution in [3.8, 4) is 12.1 Å². The fraction of sp³-hybridized carbons (Fsp3) is 0.733. The van der Waals surface area contributed by atoms with Crippen LogP contribution in [0.1, 0.15) is 45.4 Å². The van der Waals surface area contributed by atoms with E-state index in [1.807, 2.05) is 13.0 Å². The van der Waals surface area contributed by atoms with Crippen LogP contribution in [0.4, 0.5) is 0 Å². The summed E-state index contributed by atoms with van der Waals surface area (Å²) in [4.78, 5) is 24.3. The average Bonchev–Trinajstić information content (AvgIpc) is 2.52. The fourth-order valence-electron chi connectivity index (χ4n) is 2.30. The zero-order valence-electron chi connectivity index (χ0n) is 12.8. The smallest absolute Gasteiger partial charge is 0.323 e. The standard InChI is InChI=1S/C15H22N2O4/c1-4-5-8-15(13(18)20-2,14(19)21-3)10-12(11-17)7-6-9-16/h12H,4-8,10H2,1-3H3. The van der Waals surface area contributed by atoms with E-state index in [2.05, 4.69) is 6.07 Å². The van der Waals surface area contributed by atoms with Gasteiger partial charge in [-0.2, -0.15) is 10.5 Å². The Morgan fingerprint density at radius 2 is 1.76 bits per heavy atom. The van der Waals surface area contributed by atoms with Gasteiger partial charge in [0.2, 0.25) is 0 Å². The van der Waals surface area contributed by atoms with Crippen LogP contribution in [0.25, 0.3) is 0 Å². The molecule has 0 aromatic heterocycles. The Balaban J connectivity index is 5.43. The van der Waals surface area contributed by atoms with Crippen molar-refractivity contribution in [1.29, 1.82) is 10.5 Å². The maximum absolute atomic E-state index is 12.2. The average molecular weight is 294 g/mol. The molecule has 0 fully saturated rings. The summed E-state index contributed by atoms with van der Waals surface area (Å²) < 4.78 is 9.54. The minimum Gasteiger partial charge on any atom is -0.468 e. The molecule has 0 saturated carbocycles. The zero-order valence-corrected chi connectivity index (χ0v) is 12.8. The van der Waals surface area contributed by atoms with E-state index in [9.17, 15) is 14.9 Å². The van der Waals surface area contributed by atoms with Crippen LogP contribution < -0.4 is 0 Å². The molecule has 0 heterocycles. The van der Waals surface area contributed by atoms with Crippen molar-refractivity contribution in [1.82, 2.24) is 0 Å². The summed E-state index contributed by atoms with van der Waals surface area (Å²) in [5.41, 5.74) is -1.46. The topological polar surface area (TPSA) is 100 Å². The largest absolute Gasteiger partial charge is 0.468 e. The second-order valence-electron chi connectivity index (χ2n) is 4.90. The first kappa shape index (κ1) is 18.9. The van der Waals surface area contributed by atoms with Crippen LogP contribution in [0.5, 0.6) is 0 Å². The summed E-state index contributed by atoms with van der Waals surface area (Å²) in [7, 11) is 2.42. The molecule has 0 amide bonds. The third kappa shape index (κ3) is 5.07. The first-order valence-corrected chi connectivity index (χ1v) is 6.95. The van der Waals surface area contributed by atoms with Crippen molar-refractivity contribution in [3.05, 3.63) is 0 Å². The second kappa shape index (κ2) is 9.77. The summed E-state index contributed by atoms with van der Waals surface area (Å²) in [6.45, 7) is 1.94. The minimum atomic E-state index is -1.46. The first-order valence-electron chi connectivity index (χ1n) is 6.95. The van der Waals surface area contributed by atoms with Gasteiger partial charge in [-0.25, -0.2) is 0 Å². The summed E-state index contributed by atoms with van der Waals surface area (Å²) in [6, 6.07) is 4.02. The van der Waals surface area contributed by atoms with E-state index in [4.69, 9.17) is 14.7 Å². The summed E-state index contributed by atoms with van der Waals surface area (Å²) in [5.74, 6) is -1.93. The molecule has 1 atom stereocenters. The van der Waals surface area contributed by atoms with Crippen LogP contribution in [0, 0.1) is 34.0 Å². The lowest BCUT2D eigenvalue weighted by atomic mass is 9.74. The van der Waals surface area contributed by atoms with Gasteiger partial charge in [-0.05, 0) is 19.3 Å². The Bertz CT molecular complexity index is 418. The maximum Gasteiger partial charge on any atom is 0.323 e. The van der Waals surface area contributed by atoms with Crippen LogP contribution in [-0.4, -0.2) is 26.2 Å². The van der Waals surface area contributed by atoms with E-state index in [0.29, 0.717) is 12.8 Å². The molecule has 6 heteroatoms. The van der Waals surface area contributed by atoms with Gasteiger partial charge in [0.25, 0.3) is 0 Å². The molecule has 0 aliphatic carbocycles. The Morgan fingerprint density at radius 1 is 1.19 bits per heavy atom. The van der Waals surface area contributed by atoms with Gasteiger partial charge in [0.05, 0.1) is 26.4 Å². The van der Waals surface area contributed by atoms with E-state index in [0.717, 1.165) is 6.42 Å². The summed E-state index contributed by atoms with van der Waals surface area (Å²) in [5, 5.41) is 17.8. The lowest BCUT2D eigenvalue weighted by molar-refractivity contribution is -0.171. The Kier molecular flexibility index (Phi) is 8.80. The summed E-state index contributed by atoms with van der Waals surface area (Å²) in [6.07, 6.45) is 2.24. The molecule has 0 rings (SSSR count). The lowest BCUT2D eigenvalue weighted by Crippen LogP contribution is -2.42. The van der Waals surface area contributed by atoms with Gasteiger partial charge in [0, 0.05) is 12.3 Å². The van der Waals surface area contributed by atoms with Crippen LogP contribution in [-0.2, 0) is 19.1 Å². The number of ether oxygens (including phenoxy) is 2. The van der Waals surface area contributed by atoms with Crippen molar-refractivity contribution in [2.24, 2.45) is 11.3 Å². The molecule has 6 nitrogen and oxygen atoms in total. The van der Waals surface area contributed by atoms with Crippen molar-refractivity contribution < 1.29 is 19.1 Å². The third-order valence-electron chi connectivity index (χ3n) is 3.49. The molecule has 0 spiro atoms. The normalized spacial score (nSPS) is 11.9. The number of nitrogens with zero attached hydrogens (tertiary/aromatic N) is 2. The number of hydrogen-bond donors (Lipinski definition) is 0. The highest BCUT2D eigenvalue weighted by Gasteiger charge is 2.49. The quantitative estimate of drug-likeness (QED) is 0.478. The third-order valence-corrected chi connectivity index (χ3v) is 3.49. The predicted octanol–water partition coefficient (Wildman–Crippen LogP) is 2.34. The minimum absolute atomic E-state index is 0.0184. The molecule has 0 radical (unpaired) electrons. The molecule has 0 N–H and O–H groups in total. The molecular weight excluding hydrogens is 272 g/mol. The molecule has 0 aliphatic rings. The number of hydrogen-bond acceptors (Lipinski definition) is 6. The van der Waals surface area contributed by atoms with E-state index in [1.165, 1.54) is 14.2 Å². The van der Waals surface area contributed by atoms with E-state index < -0.39 is 23.3 Å². The van der Waals surface area contributed by atoms with Crippen molar-refractivity contribution >= 4 is 11.9 Å². The zero-order chi connectivity index (χ0) is 16.3. The number of rotatable bonds is 9. The molecule has 1 unspecified atom stereocenters. The number of carbonyl (C=O) groups excluding carboxylic acids is 2. The van der Waals surface area contributed by atoms with Crippen LogP contribution in [0.2, 0.25) is 0 Å². The molecule has 21 heavy (non-hydrogen) atoms. The van der Waals surface area contributed by atoms with Crippen LogP contribution in [0.15, 0.2) is 0 Å². The molecular formula is C15H22N2O4. The van der Waals surface area contributed by atoms with Gasteiger partial charge < -0.3 is 9.47 Å². The van der Waals surface area contributed by atoms with Gasteiger partial charge in [-0.1, -0.05) is 19.8 Å². The Hall–Kier alpha value is -2.08. The highest BCUT2D eigenvalue weighted by Crippen LogP contribution is 2.36. The molecule has 0 aliphatic heterocycles. The molecule has 116 valence electrons. The van der Waals surface area contributed by atoms with E-state index >= 15 is 0 Å². The van der Waals surface area contributed by atoms with Gasteiger partial charge in [0.15, 0.2) is 5.41 Å². The SMILES string of the molecule is CCCCC(CC(C#N)CCC#N)(C(=O)OC)C(=O)OC. The van der Waals surface area contributed by atoms with Crippen molar-refractivity contribution in [2.45, 2.75) is 45.4 Å². The van der Waals surface area contributed by atoms with Gasteiger partial charge in [0.1, 0.15) is 0 Å². The second-order valence-corrected chi connectivity index (χ2v) is 4.90. The Labute approximate surface area is 125 Å². The molecule has 0 saturated heterocycles. The number of methoxy groups -OCH3 is 2. The highest BCUT2D eigenvalue weighted by atomic mass is 16.5. The predicted molar refractivity (Wildman–Crippen MR) is 74.6 cm³/mol. The summed E-state index contributed by atoms with van der Waals surface area (Å²) >= 11 is 0. The monoisotopic (exact) mass is 294 g/mol. The van der Waals surface area contributed by atoms with Crippen molar-refractivity contribution in [3.63, 3.8) is 0 Å². The number of carbonyl (C=O) groups is 2. The van der Waals surface area contributed by atoms with E-state index in [-0.39, 0.29) is 19.3 Å². The number of nitriles is 2. The van der Waals surface area contributed by atoms with Gasteiger partial charge in [-0.3, -0.25) is 9.59 Å². The number of unbranched alkanes of at least 4 members (excludes halogenated alkanes) is 1. The molecule has 0 aromatic carbocycles. The van der Waals surface area contributed by atoms with Crippen LogP contribution in [0.3, 0.4) is 0 Å². The van der Waals surface area contributed by atoms with Crippen molar-refractivity contribution in [2.75, 3.05) is 14.2 Å². The molecule has 0 aromatic rings. The van der Waals surface area contributed by atoms with E-state index in [1.54, 1.807) is 0 Å². The number of esters is 2. The Morgan fingerprint density at radius 3 is 2.14 bits per heavy atom. The fourth-order valence-corrected chi connectivity index (χ4v) is 2.30. The van der Waals surface area contributed by atoms with Gasteiger partial charge in [-0.15, -0.1) is 0 Å². The molecule has 0 bridgehead atoms. The highest BCUT2D eigenvalue weighted by molar-refractivity contribution is 6.00.